The summed E-state index contributed by atoms with van der Waals surface area (Å²) in [5.74, 6) is -0.999. The summed E-state index contributed by atoms with van der Waals surface area (Å²) >= 11 is 0. The van der Waals surface area contributed by atoms with E-state index in [1.165, 1.54) is 5.57 Å². The third-order valence-corrected chi connectivity index (χ3v) is 14.5. The van der Waals surface area contributed by atoms with Crippen LogP contribution in [0.3, 0.4) is 0 Å². The highest BCUT2D eigenvalue weighted by Crippen LogP contribution is 2.75. The Hall–Kier alpha value is -2.83. The lowest BCUT2D eigenvalue weighted by Gasteiger charge is -2.70. The third kappa shape index (κ3) is 5.07. The van der Waals surface area contributed by atoms with Gasteiger partial charge in [0, 0.05) is 30.1 Å². The quantitative estimate of drug-likeness (QED) is 0.192. The van der Waals surface area contributed by atoms with Crippen molar-refractivity contribution in [2.45, 2.75) is 106 Å². The summed E-state index contributed by atoms with van der Waals surface area (Å²) < 4.78 is 27.2. The summed E-state index contributed by atoms with van der Waals surface area (Å²) in [6.07, 6.45) is 10.9. The Bertz CT molecular complexity index is 1540. The number of hydrogen-bond donors (Lipinski definition) is 2. The van der Waals surface area contributed by atoms with Gasteiger partial charge in [-0.3, -0.25) is 14.4 Å². The van der Waals surface area contributed by atoms with Crippen molar-refractivity contribution in [3.05, 3.63) is 59.2 Å². The SMILES string of the molecule is C=C1C[C@]2(C)[C@H]3CC=C4[C@@H]5CC(C)(C)CC[C@]5(C(=O)NCCNC(=O)c5cc(F)cc(F)c5)CC[C@@]4(C)[C@]3(C)CC[C@H]2C(C)(C)C1=O. The van der Waals surface area contributed by atoms with Gasteiger partial charge in [0.05, 0.1) is 5.41 Å². The predicted octanol–water partition coefficient (Wildman–Crippen LogP) is 8.35. The number of benzene rings is 1. The zero-order valence-electron chi connectivity index (χ0n) is 29.5. The maximum absolute atomic E-state index is 14.3. The third-order valence-electron chi connectivity index (χ3n) is 14.5. The van der Waals surface area contributed by atoms with Gasteiger partial charge in [-0.05, 0) is 115 Å². The van der Waals surface area contributed by atoms with E-state index in [2.05, 4.69) is 71.8 Å². The molecule has 5 nitrogen and oxygen atoms in total. The van der Waals surface area contributed by atoms with Crippen LogP contribution in [-0.2, 0) is 9.59 Å². The number of halogens is 2. The molecule has 0 unspecified atom stereocenters. The zero-order chi connectivity index (χ0) is 34.4. The molecule has 5 aliphatic rings. The molecule has 5 aliphatic carbocycles. The fourth-order valence-electron chi connectivity index (χ4n) is 11.9. The second-order valence-corrected chi connectivity index (χ2v) is 17.9. The van der Waals surface area contributed by atoms with Crippen LogP contribution in [0.1, 0.15) is 117 Å². The van der Waals surface area contributed by atoms with Gasteiger partial charge >= 0.3 is 0 Å². The molecule has 7 atom stereocenters. The number of Topliss-reactive ketones (excluding diaryl/α,β-unsaturated/α-hetero) is 1. The van der Waals surface area contributed by atoms with Crippen molar-refractivity contribution < 1.29 is 23.2 Å². The molecule has 4 fully saturated rings. The normalized spacial score (nSPS) is 38.6. The first-order chi connectivity index (χ1) is 21.8. The molecular weight excluding hydrogens is 594 g/mol. The lowest BCUT2D eigenvalue weighted by molar-refractivity contribution is -0.179. The van der Waals surface area contributed by atoms with Gasteiger partial charge in [-0.1, -0.05) is 66.7 Å². The van der Waals surface area contributed by atoms with E-state index in [9.17, 15) is 23.2 Å². The number of rotatable bonds is 5. The van der Waals surface area contributed by atoms with Crippen molar-refractivity contribution in [3.63, 3.8) is 0 Å². The van der Waals surface area contributed by atoms with Gasteiger partial charge in [0.1, 0.15) is 11.6 Å². The summed E-state index contributed by atoms with van der Waals surface area (Å²) in [6, 6.07) is 2.74. The minimum atomic E-state index is -0.805. The average Bonchev–Trinajstić information content (AvgIpc) is 2.97. The maximum Gasteiger partial charge on any atom is 0.251 e. The highest BCUT2D eigenvalue weighted by atomic mass is 19.1. The van der Waals surface area contributed by atoms with Gasteiger partial charge in [-0.25, -0.2) is 8.78 Å². The van der Waals surface area contributed by atoms with Gasteiger partial charge in [-0.15, -0.1) is 0 Å². The van der Waals surface area contributed by atoms with Gasteiger partial charge < -0.3 is 10.6 Å². The Morgan fingerprint density at radius 3 is 2.19 bits per heavy atom. The molecule has 0 spiro atoms. The molecule has 7 heteroatoms. The van der Waals surface area contributed by atoms with Gasteiger partial charge in [0.2, 0.25) is 5.91 Å². The van der Waals surface area contributed by atoms with Crippen LogP contribution in [0.25, 0.3) is 0 Å². The number of allylic oxidation sites excluding steroid dienone is 3. The summed E-state index contributed by atoms with van der Waals surface area (Å²) in [5, 5.41) is 5.86. The number of carbonyl (C=O) groups excluding carboxylic acids is 3. The second kappa shape index (κ2) is 11.1. The van der Waals surface area contributed by atoms with Crippen molar-refractivity contribution in [1.82, 2.24) is 10.6 Å². The molecule has 256 valence electrons. The topological polar surface area (TPSA) is 75.3 Å². The molecule has 0 heterocycles. The van der Waals surface area contributed by atoms with E-state index in [0.717, 1.165) is 81.6 Å². The molecule has 1 aromatic carbocycles. The average molecular weight is 649 g/mol. The van der Waals surface area contributed by atoms with Crippen LogP contribution in [0.5, 0.6) is 0 Å². The lowest BCUT2D eigenvalue weighted by Crippen LogP contribution is -2.65. The minimum Gasteiger partial charge on any atom is -0.354 e. The number of ketones is 1. The van der Waals surface area contributed by atoms with E-state index in [1.54, 1.807) is 0 Å². The summed E-state index contributed by atoms with van der Waals surface area (Å²) in [5.41, 5.74) is 1.37. The number of nitrogens with one attached hydrogen (secondary N) is 2. The summed E-state index contributed by atoms with van der Waals surface area (Å²) in [7, 11) is 0. The van der Waals surface area contributed by atoms with Crippen molar-refractivity contribution in [1.29, 1.82) is 0 Å². The first kappa shape index (κ1) is 34.0. The van der Waals surface area contributed by atoms with Crippen LogP contribution >= 0.6 is 0 Å². The van der Waals surface area contributed by atoms with E-state index in [0.29, 0.717) is 11.8 Å². The molecule has 0 aromatic heterocycles. The summed E-state index contributed by atoms with van der Waals surface area (Å²) in [4.78, 5) is 40.1. The van der Waals surface area contributed by atoms with Crippen LogP contribution in [0, 0.1) is 61.9 Å². The molecule has 4 saturated carbocycles. The number of fused-ring (bicyclic) bond motifs is 7. The second-order valence-electron chi connectivity index (χ2n) is 17.9. The molecule has 0 radical (unpaired) electrons. The van der Waals surface area contributed by atoms with Crippen LogP contribution < -0.4 is 10.6 Å². The Morgan fingerprint density at radius 2 is 1.51 bits per heavy atom. The van der Waals surface area contributed by atoms with Crippen molar-refractivity contribution in [2.75, 3.05) is 13.1 Å². The number of amides is 2. The number of hydrogen-bond acceptors (Lipinski definition) is 3. The Balaban J connectivity index is 1.25. The fraction of sp³-hybridized carbons (Fsp3) is 0.675. The van der Waals surface area contributed by atoms with Crippen molar-refractivity contribution in [2.24, 2.45) is 50.2 Å². The van der Waals surface area contributed by atoms with Crippen LogP contribution in [0.2, 0.25) is 0 Å². The van der Waals surface area contributed by atoms with Crippen molar-refractivity contribution in [3.8, 4) is 0 Å². The van der Waals surface area contributed by atoms with E-state index in [1.807, 2.05) is 0 Å². The van der Waals surface area contributed by atoms with E-state index in [-0.39, 0.29) is 57.9 Å². The Labute approximate surface area is 279 Å². The molecule has 1 aromatic rings. The first-order valence-corrected chi connectivity index (χ1v) is 17.8. The van der Waals surface area contributed by atoms with Crippen LogP contribution in [-0.4, -0.2) is 30.7 Å². The monoisotopic (exact) mass is 648 g/mol. The van der Waals surface area contributed by atoms with Gasteiger partial charge in [0.15, 0.2) is 5.78 Å². The molecular formula is C40H54F2N2O3. The molecule has 0 saturated heterocycles. The molecule has 2 amide bonds. The molecule has 0 aliphatic heterocycles. The number of carbonyl (C=O) groups is 3. The Kier molecular flexibility index (Phi) is 8.04. The lowest BCUT2D eigenvalue weighted by atomic mass is 9.33. The first-order valence-electron chi connectivity index (χ1n) is 17.8. The Morgan fingerprint density at radius 1 is 0.872 bits per heavy atom. The standard InChI is InChI=1S/C40H54F2N2O3/c1-24-22-37(6)30(36(4,5)32(24)45)11-12-39(8)31(37)10-9-28-29-23-35(2,3)13-15-40(29,16-14-38(28,39)7)34(47)44-18-17-43-33(46)25-19-26(41)21-27(42)20-25/h9,19-21,29-31H,1,10-18,22-23H2,2-8H3,(H,43,46)(H,44,47)/t29-,30-,31+,37-,38+,39+,40-/m0/s1. The van der Waals surface area contributed by atoms with Gasteiger partial charge in [-0.2, -0.15) is 0 Å². The fourth-order valence-corrected chi connectivity index (χ4v) is 11.9. The predicted molar refractivity (Wildman–Crippen MR) is 180 cm³/mol. The zero-order valence-corrected chi connectivity index (χ0v) is 29.5. The van der Waals surface area contributed by atoms with Gasteiger partial charge in [0.25, 0.3) is 5.91 Å². The minimum absolute atomic E-state index is 0.00793. The van der Waals surface area contributed by atoms with Crippen LogP contribution in [0.15, 0.2) is 42.0 Å². The van der Waals surface area contributed by atoms with Crippen molar-refractivity contribution >= 4 is 17.6 Å². The largest absolute Gasteiger partial charge is 0.354 e. The van der Waals surface area contributed by atoms with E-state index < -0.39 is 28.4 Å². The highest BCUT2D eigenvalue weighted by molar-refractivity contribution is 6.00. The van der Waals surface area contributed by atoms with E-state index >= 15 is 0 Å². The molecule has 0 bridgehead atoms. The highest BCUT2D eigenvalue weighted by Gasteiger charge is 2.69. The van der Waals surface area contributed by atoms with E-state index in [4.69, 9.17) is 0 Å². The summed E-state index contributed by atoms with van der Waals surface area (Å²) in [6.45, 7) is 21.1. The maximum atomic E-state index is 14.3. The molecule has 2 N–H and O–H groups in total. The van der Waals surface area contributed by atoms with Crippen LogP contribution in [0.4, 0.5) is 8.78 Å². The smallest absolute Gasteiger partial charge is 0.251 e. The molecule has 6 rings (SSSR count). The molecule has 47 heavy (non-hydrogen) atoms.